The molecule has 0 fully saturated rings. The Morgan fingerprint density at radius 2 is 2.50 bits per heavy atom. The van der Waals surface area contributed by atoms with E-state index >= 15 is 0 Å². The first-order valence-corrected chi connectivity index (χ1v) is 3.00. The lowest BCUT2D eigenvalue weighted by Gasteiger charge is -1.89. The first kappa shape index (κ1) is 6.74. The summed E-state index contributed by atoms with van der Waals surface area (Å²) in [7, 11) is 0. The van der Waals surface area contributed by atoms with Gasteiger partial charge in [0.05, 0.1) is 0 Å². The van der Waals surface area contributed by atoms with E-state index in [2.05, 4.69) is 16.7 Å². The van der Waals surface area contributed by atoms with Gasteiger partial charge in [-0.3, -0.25) is 0 Å². The van der Waals surface area contributed by atoms with E-state index in [1.807, 2.05) is 13.0 Å². The predicted molar refractivity (Wildman–Crippen MR) is 40.3 cm³/mol. The van der Waals surface area contributed by atoms with Crippen molar-refractivity contribution in [1.29, 1.82) is 0 Å². The first-order chi connectivity index (χ1) is 4.84. The van der Waals surface area contributed by atoms with Gasteiger partial charge in [0.15, 0.2) is 0 Å². The molecule has 0 N–H and O–H groups in total. The van der Waals surface area contributed by atoms with E-state index in [0.29, 0.717) is 0 Å². The number of hydrogen-bond donors (Lipinski definition) is 0. The highest BCUT2D eigenvalue weighted by atomic mass is 15.3. The van der Waals surface area contributed by atoms with E-state index in [9.17, 15) is 0 Å². The molecule has 0 saturated carbocycles. The third kappa shape index (κ3) is 1.31. The van der Waals surface area contributed by atoms with Crippen LogP contribution >= 0.6 is 0 Å². The van der Waals surface area contributed by atoms with E-state index < -0.39 is 0 Å². The minimum Gasteiger partial charge on any atom is -0.225 e. The van der Waals surface area contributed by atoms with Crippen molar-refractivity contribution >= 4 is 6.20 Å². The average molecular weight is 135 g/mol. The van der Waals surface area contributed by atoms with Gasteiger partial charge in [-0.15, -0.1) is 0 Å². The molecule has 0 unspecified atom stereocenters. The van der Waals surface area contributed by atoms with Crippen LogP contribution in [0.1, 0.15) is 5.82 Å². The van der Waals surface area contributed by atoms with Crippen molar-refractivity contribution < 1.29 is 0 Å². The summed E-state index contributed by atoms with van der Waals surface area (Å²) in [6.07, 6.45) is 6.82. The van der Waals surface area contributed by atoms with Crippen molar-refractivity contribution in [2.45, 2.75) is 6.92 Å². The Morgan fingerprint density at radius 1 is 1.70 bits per heavy atom. The average Bonchev–Trinajstić information content (AvgIpc) is 2.31. The molecular weight excluding hydrogens is 126 g/mol. The molecule has 0 saturated heterocycles. The molecule has 0 radical (unpaired) electrons. The zero-order chi connectivity index (χ0) is 7.40. The zero-order valence-corrected chi connectivity index (χ0v) is 5.86. The molecule has 0 bridgehead atoms. The Morgan fingerprint density at radius 3 is 3.00 bits per heavy atom. The van der Waals surface area contributed by atoms with Crippen LogP contribution in [0.2, 0.25) is 0 Å². The van der Waals surface area contributed by atoms with Crippen LogP contribution < -0.4 is 0 Å². The van der Waals surface area contributed by atoms with Gasteiger partial charge < -0.3 is 0 Å². The Kier molecular flexibility index (Phi) is 1.99. The van der Waals surface area contributed by atoms with Crippen LogP contribution in [0.4, 0.5) is 0 Å². The van der Waals surface area contributed by atoms with Gasteiger partial charge in [0.1, 0.15) is 12.2 Å². The number of hydrogen-bond acceptors (Lipinski definition) is 2. The number of aromatic nitrogens is 3. The van der Waals surface area contributed by atoms with Crippen LogP contribution in [0.5, 0.6) is 0 Å². The van der Waals surface area contributed by atoms with E-state index in [1.54, 1.807) is 17.0 Å². The number of allylic oxidation sites excluding steroid dienone is 2. The van der Waals surface area contributed by atoms with Crippen molar-refractivity contribution in [3.05, 3.63) is 30.9 Å². The lowest BCUT2D eigenvalue weighted by molar-refractivity contribution is 0.890. The number of aryl methyl sites for hydroxylation is 1. The summed E-state index contributed by atoms with van der Waals surface area (Å²) >= 11 is 0. The Hall–Kier alpha value is -1.38. The Labute approximate surface area is 59.7 Å². The molecule has 1 rings (SSSR count). The lowest BCUT2D eigenvalue weighted by Crippen LogP contribution is -1.90. The molecule has 3 nitrogen and oxygen atoms in total. The Bertz CT molecular complexity index is 247. The molecule has 0 aromatic carbocycles. The topological polar surface area (TPSA) is 30.7 Å². The van der Waals surface area contributed by atoms with Gasteiger partial charge in [0.25, 0.3) is 0 Å². The maximum atomic E-state index is 3.94. The van der Waals surface area contributed by atoms with Crippen molar-refractivity contribution in [2.75, 3.05) is 0 Å². The summed E-state index contributed by atoms with van der Waals surface area (Å²) in [5.74, 6) is 0.873. The molecule has 0 amide bonds. The molecule has 1 heterocycles. The van der Waals surface area contributed by atoms with E-state index in [1.165, 1.54) is 6.33 Å². The molecule has 0 aliphatic rings. The Balaban J connectivity index is 2.83. The van der Waals surface area contributed by atoms with Gasteiger partial charge in [-0.2, -0.15) is 5.10 Å². The van der Waals surface area contributed by atoms with Gasteiger partial charge in [-0.1, -0.05) is 12.7 Å². The minimum atomic E-state index is 0.873. The summed E-state index contributed by atoms with van der Waals surface area (Å²) in [6.45, 7) is 5.43. The summed E-state index contributed by atoms with van der Waals surface area (Å²) < 4.78 is 1.68. The van der Waals surface area contributed by atoms with E-state index in [0.717, 1.165) is 5.82 Å². The predicted octanol–water partition coefficient (Wildman–Crippen LogP) is 1.24. The normalized spacial score (nSPS) is 10.5. The molecule has 52 valence electrons. The largest absolute Gasteiger partial charge is 0.225 e. The molecule has 0 aliphatic heterocycles. The summed E-state index contributed by atoms with van der Waals surface area (Å²) in [6, 6.07) is 0. The minimum absolute atomic E-state index is 0.873. The van der Waals surface area contributed by atoms with Crippen LogP contribution in [0.25, 0.3) is 6.20 Å². The third-order valence-electron chi connectivity index (χ3n) is 1.12. The van der Waals surface area contributed by atoms with Crippen LogP contribution in [0.3, 0.4) is 0 Å². The van der Waals surface area contributed by atoms with Gasteiger partial charge in [-0.05, 0) is 13.0 Å². The van der Waals surface area contributed by atoms with Crippen molar-refractivity contribution in [2.24, 2.45) is 0 Å². The van der Waals surface area contributed by atoms with Crippen molar-refractivity contribution in [3.8, 4) is 0 Å². The first-order valence-electron chi connectivity index (χ1n) is 3.00. The summed E-state index contributed by atoms with van der Waals surface area (Å²) in [4.78, 5) is 3.94. The van der Waals surface area contributed by atoms with Crippen LogP contribution in [0, 0.1) is 6.92 Å². The maximum Gasteiger partial charge on any atom is 0.138 e. The van der Waals surface area contributed by atoms with Gasteiger partial charge in [0.2, 0.25) is 0 Å². The highest BCUT2D eigenvalue weighted by molar-refractivity contribution is 5.25. The van der Waals surface area contributed by atoms with Gasteiger partial charge >= 0.3 is 0 Å². The second-order valence-electron chi connectivity index (χ2n) is 1.83. The molecule has 10 heavy (non-hydrogen) atoms. The molecule has 0 spiro atoms. The number of rotatable bonds is 2. The SMILES string of the molecule is C=CC=Cn1ncnc1C. The second-order valence-corrected chi connectivity index (χ2v) is 1.83. The zero-order valence-electron chi connectivity index (χ0n) is 5.86. The highest BCUT2D eigenvalue weighted by Gasteiger charge is 1.89. The molecule has 0 aliphatic carbocycles. The van der Waals surface area contributed by atoms with E-state index in [-0.39, 0.29) is 0 Å². The summed E-state index contributed by atoms with van der Waals surface area (Å²) in [5.41, 5.74) is 0. The maximum absolute atomic E-state index is 3.94. The van der Waals surface area contributed by atoms with Crippen LogP contribution in [0.15, 0.2) is 25.1 Å². The van der Waals surface area contributed by atoms with Crippen molar-refractivity contribution in [3.63, 3.8) is 0 Å². The van der Waals surface area contributed by atoms with Gasteiger partial charge in [-0.25, -0.2) is 9.67 Å². The summed E-state index contributed by atoms with van der Waals surface area (Å²) in [5, 5.41) is 3.92. The van der Waals surface area contributed by atoms with Crippen LogP contribution in [-0.4, -0.2) is 14.8 Å². The van der Waals surface area contributed by atoms with Crippen molar-refractivity contribution in [1.82, 2.24) is 14.8 Å². The smallest absolute Gasteiger partial charge is 0.138 e. The van der Waals surface area contributed by atoms with Crippen LogP contribution in [-0.2, 0) is 0 Å². The third-order valence-corrected chi connectivity index (χ3v) is 1.12. The fourth-order valence-corrected chi connectivity index (χ4v) is 0.596. The molecule has 1 aromatic heterocycles. The standard InChI is InChI=1S/C7H9N3/c1-3-4-5-10-7(2)8-6-9-10/h3-6H,1H2,2H3. The number of nitrogens with zero attached hydrogens (tertiary/aromatic N) is 3. The molecule has 1 aromatic rings. The fourth-order valence-electron chi connectivity index (χ4n) is 0.596. The molecular formula is C7H9N3. The second kappa shape index (κ2) is 2.96. The molecule has 3 heteroatoms. The fraction of sp³-hybridized carbons (Fsp3) is 0.143. The highest BCUT2D eigenvalue weighted by Crippen LogP contribution is 1.90. The lowest BCUT2D eigenvalue weighted by atomic mass is 10.6. The van der Waals surface area contributed by atoms with E-state index in [4.69, 9.17) is 0 Å². The quantitative estimate of drug-likeness (QED) is 0.571. The van der Waals surface area contributed by atoms with Gasteiger partial charge in [0, 0.05) is 6.20 Å². The monoisotopic (exact) mass is 135 g/mol. The molecule has 0 atom stereocenters.